The average molecular weight is 327 g/mol. The number of hydrogen-bond donors (Lipinski definition) is 1. The molecule has 3 aromatic rings. The number of nitrogens with one attached hydrogen (secondary N) is 1. The summed E-state index contributed by atoms with van der Waals surface area (Å²) in [6, 6.07) is 16.8. The molecule has 2 nitrogen and oxygen atoms in total. The number of pyridine rings is 1. The monoisotopic (exact) mass is 326 g/mol. The Kier molecular flexibility index (Phi) is 3.70. The van der Waals surface area contributed by atoms with Gasteiger partial charge < -0.3 is 5.32 Å². The first kappa shape index (κ1) is 13.1. The summed E-state index contributed by atoms with van der Waals surface area (Å²) in [5.74, 6) is 0. The average Bonchev–Trinajstić information content (AvgIpc) is 2.46. The van der Waals surface area contributed by atoms with Crippen molar-refractivity contribution < 1.29 is 0 Å². The summed E-state index contributed by atoms with van der Waals surface area (Å²) in [7, 11) is 0. The maximum absolute atomic E-state index is 4.40. The summed E-state index contributed by atoms with van der Waals surface area (Å²) < 4.78 is 1.11. The molecular weight excluding hydrogens is 312 g/mol. The van der Waals surface area contributed by atoms with E-state index in [2.05, 4.69) is 74.8 Å². The van der Waals surface area contributed by atoms with Crippen molar-refractivity contribution in [3.05, 3.63) is 70.5 Å². The van der Waals surface area contributed by atoms with Gasteiger partial charge in [0.1, 0.15) is 0 Å². The molecule has 20 heavy (non-hydrogen) atoms. The number of aryl methyl sites for hydroxylation is 1. The zero-order valence-corrected chi connectivity index (χ0v) is 12.8. The van der Waals surface area contributed by atoms with Gasteiger partial charge in [-0.2, -0.15) is 0 Å². The Morgan fingerprint density at radius 1 is 1.00 bits per heavy atom. The van der Waals surface area contributed by atoms with E-state index in [4.69, 9.17) is 0 Å². The Morgan fingerprint density at radius 3 is 2.60 bits per heavy atom. The summed E-state index contributed by atoms with van der Waals surface area (Å²) in [5, 5.41) is 5.88. The van der Waals surface area contributed by atoms with E-state index in [0.29, 0.717) is 0 Å². The van der Waals surface area contributed by atoms with Gasteiger partial charge in [-0.25, -0.2) is 0 Å². The highest BCUT2D eigenvalue weighted by Crippen LogP contribution is 2.23. The van der Waals surface area contributed by atoms with E-state index < -0.39 is 0 Å². The van der Waals surface area contributed by atoms with Crippen molar-refractivity contribution in [2.45, 2.75) is 13.5 Å². The lowest BCUT2D eigenvalue weighted by atomic mass is 10.1. The first-order chi connectivity index (χ1) is 9.70. The number of benzene rings is 2. The number of nitrogens with zero attached hydrogens (tertiary/aromatic N) is 1. The van der Waals surface area contributed by atoms with Crippen molar-refractivity contribution in [3.63, 3.8) is 0 Å². The standard InChI is InChI=1S/C17H15BrN2/c1-12-2-6-17(19-10-12)11-20-16-7-4-13-8-15(18)5-3-14(13)9-16/h2-10,20H,11H2,1H3. The van der Waals surface area contributed by atoms with Crippen LogP contribution >= 0.6 is 15.9 Å². The van der Waals surface area contributed by atoms with Gasteiger partial charge in [-0.05, 0) is 53.6 Å². The highest BCUT2D eigenvalue weighted by atomic mass is 79.9. The molecule has 0 aliphatic heterocycles. The van der Waals surface area contributed by atoms with E-state index >= 15 is 0 Å². The lowest BCUT2D eigenvalue weighted by molar-refractivity contribution is 1.04. The van der Waals surface area contributed by atoms with Crippen molar-refractivity contribution in [3.8, 4) is 0 Å². The van der Waals surface area contributed by atoms with E-state index in [1.165, 1.54) is 16.3 Å². The molecule has 0 fully saturated rings. The molecule has 0 amide bonds. The van der Waals surface area contributed by atoms with Gasteiger partial charge in [0.15, 0.2) is 0 Å². The number of anilines is 1. The first-order valence-electron chi connectivity index (χ1n) is 6.55. The van der Waals surface area contributed by atoms with Crippen molar-refractivity contribution in [2.75, 3.05) is 5.32 Å². The maximum Gasteiger partial charge on any atom is 0.0594 e. The number of aromatic nitrogens is 1. The van der Waals surface area contributed by atoms with Crippen LogP contribution in [0.25, 0.3) is 10.8 Å². The van der Waals surface area contributed by atoms with Gasteiger partial charge in [-0.15, -0.1) is 0 Å². The van der Waals surface area contributed by atoms with Crippen molar-refractivity contribution in [1.82, 2.24) is 4.98 Å². The highest BCUT2D eigenvalue weighted by Gasteiger charge is 1.99. The minimum Gasteiger partial charge on any atom is -0.379 e. The van der Waals surface area contributed by atoms with Crippen LogP contribution in [0.1, 0.15) is 11.3 Å². The smallest absolute Gasteiger partial charge is 0.0594 e. The second-order valence-electron chi connectivity index (χ2n) is 4.89. The van der Waals surface area contributed by atoms with E-state index in [-0.39, 0.29) is 0 Å². The van der Waals surface area contributed by atoms with Crippen molar-refractivity contribution in [1.29, 1.82) is 0 Å². The van der Waals surface area contributed by atoms with E-state index in [1.807, 2.05) is 13.1 Å². The number of fused-ring (bicyclic) bond motifs is 1. The summed E-state index contributed by atoms with van der Waals surface area (Å²) in [6.07, 6.45) is 1.90. The van der Waals surface area contributed by atoms with Crippen LogP contribution in [0.15, 0.2) is 59.2 Å². The third kappa shape index (κ3) is 2.99. The zero-order chi connectivity index (χ0) is 13.9. The number of halogens is 1. The summed E-state index contributed by atoms with van der Waals surface area (Å²) in [6.45, 7) is 2.79. The van der Waals surface area contributed by atoms with Crippen molar-refractivity contribution in [2.24, 2.45) is 0 Å². The zero-order valence-electron chi connectivity index (χ0n) is 11.2. The topological polar surface area (TPSA) is 24.9 Å². The van der Waals surface area contributed by atoms with Crippen LogP contribution in [0.4, 0.5) is 5.69 Å². The van der Waals surface area contributed by atoms with Crippen LogP contribution in [0, 0.1) is 6.92 Å². The molecule has 0 unspecified atom stereocenters. The molecule has 0 saturated carbocycles. The van der Waals surface area contributed by atoms with Gasteiger partial charge in [0.05, 0.1) is 12.2 Å². The molecule has 1 aromatic heterocycles. The molecule has 1 heterocycles. The molecule has 0 aliphatic carbocycles. The van der Waals surface area contributed by atoms with Gasteiger partial charge in [0, 0.05) is 16.4 Å². The Balaban J connectivity index is 1.77. The Labute approximate surface area is 127 Å². The minimum absolute atomic E-state index is 0.738. The van der Waals surface area contributed by atoms with E-state index in [9.17, 15) is 0 Å². The molecule has 0 spiro atoms. The fourth-order valence-electron chi connectivity index (χ4n) is 2.12. The minimum atomic E-state index is 0.738. The molecule has 1 N–H and O–H groups in total. The third-order valence-electron chi connectivity index (χ3n) is 3.25. The summed E-state index contributed by atoms with van der Waals surface area (Å²) in [4.78, 5) is 4.40. The molecule has 0 atom stereocenters. The Bertz CT molecular complexity index is 736. The lowest BCUT2D eigenvalue weighted by Crippen LogP contribution is -2.01. The van der Waals surface area contributed by atoms with Crippen molar-refractivity contribution >= 4 is 32.4 Å². The fraction of sp³-hybridized carbons (Fsp3) is 0.118. The van der Waals surface area contributed by atoms with Crippen LogP contribution in [0.5, 0.6) is 0 Å². The third-order valence-corrected chi connectivity index (χ3v) is 3.74. The van der Waals surface area contributed by atoms with Crippen LogP contribution in [-0.4, -0.2) is 4.98 Å². The molecule has 3 rings (SSSR count). The van der Waals surface area contributed by atoms with E-state index in [0.717, 1.165) is 22.4 Å². The van der Waals surface area contributed by atoms with Gasteiger partial charge in [-0.1, -0.05) is 34.1 Å². The Morgan fingerprint density at radius 2 is 1.80 bits per heavy atom. The lowest BCUT2D eigenvalue weighted by Gasteiger charge is -2.08. The predicted octanol–water partition coefficient (Wildman–Crippen LogP) is 4.92. The van der Waals surface area contributed by atoms with Gasteiger partial charge >= 0.3 is 0 Å². The molecule has 0 saturated heterocycles. The normalized spacial score (nSPS) is 10.7. The van der Waals surface area contributed by atoms with Gasteiger partial charge in [-0.3, -0.25) is 4.98 Å². The second kappa shape index (κ2) is 5.63. The first-order valence-corrected chi connectivity index (χ1v) is 7.35. The molecule has 2 aromatic carbocycles. The van der Waals surface area contributed by atoms with Crippen LogP contribution in [0.2, 0.25) is 0 Å². The number of hydrogen-bond acceptors (Lipinski definition) is 2. The predicted molar refractivity (Wildman–Crippen MR) is 87.9 cm³/mol. The summed E-state index contributed by atoms with van der Waals surface area (Å²) >= 11 is 3.49. The van der Waals surface area contributed by atoms with E-state index in [1.54, 1.807) is 0 Å². The van der Waals surface area contributed by atoms with Crippen LogP contribution < -0.4 is 5.32 Å². The van der Waals surface area contributed by atoms with Gasteiger partial charge in [0.25, 0.3) is 0 Å². The number of rotatable bonds is 3. The highest BCUT2D eigenvalue weighted by molar-refractivity contribution is 9.10. The molecule has 0 bridgehead atoms. The molecule has 3 heteroatoms. The molecule has 0 radical (unpaired) electrons. The maximum atomic E-state index is 4.40. The van der Waals surface area contributed by atoms with Gasteiger partial charge in [0.2, 0.25) is 0 Å². The molecule has 100 valence electrons. The van der Waals surface area contributed by atoms with Crippen LogP contribution in [-0.2, 0) is 6.54 Å². The van der Waals surface area contributed by atoms with Crippen LogP contribution in [0.3, 0.4) is 0 Å². The quantitative estimate of drug-likeness (QED) is 0.739. The second-order valence-corrected chi connectivity index (χ2v) is 5.80. The Hall–Kier alpha value is -1.87. The fourth-order valence-corrected chi connectivity index (χ4v) is 2.50. The molecule has 0 aliphatic rings. The SMILES string of the molecule is Cc1ccc(CNc2ccc3cc(Br)ccc3c2)nc1. The summed E-state index contributed by atoms with van der Waals surface area (Å²) in [5.41, 5.74) is 3.35. The molecular formula is C17H15BrN2. The largest absolute Gasteiger partial charge is 0.379 e.